The third-order valence-electron chi connectivity index (χ3n) is 4.27. The van der Waals surface area contributed by atoms with Crippen LogP contribution in [0.3, 0.4) is 0 Å². The average molecular weight is 445 g/mol. The minimum absolute atomic E-state index is 0.299. The van der Waals surface area contributed by atoms with Gasteiger partial charge in [0.1, 0.15) is 0 Å². The molecule has 158 valence electrons. The molecule has 6 nitrogen and oxygen atoms in total. The quantitative estimate of drug-likeness (QED) is 0.400. The zero-order valence-corrected chi connectivity index (χ0v) is 19.0. The standard InChI is InChI=1S/C22H24N2O4S2/c1-14(2)29-17-7-5-6-15(12-17)20(25)23-22-24(10-11-27-3)18-9-8-16(21(26)28-4)13-19(18)30-22/h5-9,12-14H,10-11H2,1-4H3. The van der Waals surface area contributed by atoms with E-state index in [0.29, 0.717) is 34.3 Å². The molecule has 0 radical (unpaired) electrons. The van der Waals surface area contributed by atoms with Crippen molar-refractivity contribution in [2.75, 3.05) is 20.8 Å². The van der Waals surface area contributed by atoms with Crippen LogP contribution in [0.5, 0.6) is 0 Å². The van der Waals surface area contributed by atoms with E-state index < -0.39 is 5.97 Å². The molecular formula is C22H24N2O4S2. The fourth-order valence-electron chi connectivity index (χ4n) is 2.93. The molecule has 0 saturated carbocycles. The minimum atomic E-state index is -0.400. The van der Waals surface area contributed by atoms with Gasteiger partial charge in [-0.3, -0.25) is 4.79 Å². The van der Waals surface area contributed by atoms with Crippen LogP contribution >= 0.6 is 23.1 Å². The van der Waals surface area contributed by atoms with Crippen molar-refractivity contribution < 1.29 is 19.1 Å². The van der Waals surface area contributed by atoms with E-state index in [4.69, 9.17) is 9.47 Å². The van der Waals surface area contributed by atoms with Crippen molar-refractivity contribution in [2.45, 2.75) is 30.5 Å². The Kier molecular flexibility index (Phi) is 7.47. The summed E-state index contributed by atoms with van der Waals surface area (Å²) in [5, 5.41) is 0.426. The van der Waals surface area contributed by atoms with Crippen LogP contribution in [-0.4, -0.2) is 42.5 Å². The zero-order chi connectivity index (χ0) is 21.7. The van der Waals surface area contributed by atoms with Crippen LogP contribution < -0.4 is 4.80 Å². The van der Waals surface area contributed by atoms with Gasteiger partial charge in [0.25, 0.3) is 5.91 Å². The molecule has 0 aliphatic carbocycles. The molecule has 2 aromatic carbocycles. The lowest BCUT2D eigenvalue weighted by atomic mass is 10.2. The fraction of sp³-hybridized carbons (Fsp3) is 0.318. The van der Waals surface area contributed by atoms with Crippen molar-refractivity contribution in [2.24, 2.45) is 4.99 Å². The SMILES string of the molecule is COCCn1c(=NC(=O)c2cccc(SC(C)C)c2)sc2cc(C(=O)OC)ccc21. The number of thioether (sulfide) groups is 1. The number of carbonyl (C=O) groups is 2. The number of amides is 1. The summed E-state index contributed by atoms with van der Waals surface area (Å²) in [5.74, 6) is -0.699. The highest BCUT2D eigenvalue weighted by molar-refractivity contribution is 7.99. The van der Waals surface area contributed by atoms with Gasteiger partial charge in [-0.1, -0.05) is 31.3 Å². The van der Waals surface area contributed by atoms with E-state index in [-0.39, 0.29) is 5.91 Å². The van der Waals surface area contributed by atoms with Gasteiger partial charge in [-0.2, -0.15) is 4.99 Å². The summed E-state index contributed by atoms with van der Waals surface area (Å²) >= 11 is 3.07. The van der Waals surface area contributed by atoms with Crippen molar-refractivity contribution in [3.05, 3.63) is 58.4 Å². The highest BCUT2D eigenvalue weighted by Gasteiger charge is 2.13. The third kappa shape index (κ3) is 5.19. The maximum Gasteiger partial charge on any atom is 0.337 e. The molecule has 8 heteroatoms. The predicted molar refractivity (Wildman–Crippen MR) is 120 cm³/mol. The number of carbonyl (C=O) groups excluding carboxylic acids is 2. The molecule has 0 spiro atoms. The molecule has 0 aliphatic rings. The number of fused-ring (bicyclic) bond motifs is 1. The Labute approximate surface area is 183 Å². The van der Waals surface area contributed by atoms with Gasteiger partial charge in [0, 0.05) is 29.4 Å². The second-order valence-electron chi connectivity index (χ2n) is 6.81. The van der Waals surface area contributed by atoms with E-state index in [2.05, 4.69) is 18.8 Å². The van der Waals surface area contributed by atoms with E-state index >= 15 is 0 Å². The van der Waals surface area contributed by atoms with E-state index in [0.717, 1.165) is 15.1 Å². The van der Waals surface area contributed by atoms with Crippen LogP contribution in [0.15, 0.2) is 52.4 Å². The summed E-state index contributed by atoms with van der Waals surface area (Å²) in [6.07, 6.45) is 0. The largest absolute Gasteiger partial charge is 0.465 e. The monoisotopic (exact) mass is 444 g/mol. The molecule has 0 N–H and O–H groups in total. The van der Waals surface area contributed by atoms with Crippen LogP contribution in [0.4, 0.5) is 0 Å². The first-order valence-electron chi connectivity index (χ1n) is 9.49. The minimum Gasteiger partial charge on any atom is -0.465 e. The van der Waals surface area contributed by atoms with Gasteiger partial charge in [-0.05, 0) is 36.4 Å². The van der Waals surface area contributed by atoms with Gasteiger partial charge in [0.05, 0.1) is 29.5 Å². The number of rotatable bonds is 7. The van der Waals surface area contributed by atoms with Crippen LogP contribution in [0.2, 0.25) is 0 Å². The van der Waals surface area contributed by atoms with E-state index in [1.54, 1.807) is 37.1 Å². The van der Waals surface area contributed by atoms with Gasteiger partial charge in [0.15, 0.2) is 4.80 Å². The molecule has 1 aromatic heterocycles. The summed E-state index contributed by atoms with van der Waals surface area (Å²) in [4.78, 5) is 30.8. The first kappa shape index (κ1) is 22.3. The summed E-state index contributed by atoms with van der Waals surface area (Å²) < 4.78 is 12.8. The predicted octanol–water partition coefficient (Wildman–Crippen LogP) is 4.38. The molecule has 0 aliphatic heterocycles. The van der Waals surface area contributed by atoms with Crippen LogP contribution in [-0.2, 0) is 16.0 Å². The number of ether oxygens (including phenoxy) is 2. The second kappa shape index (κ2) is 10.1. The molecule has 0 saturated heterocycles. The molecular weight excluding hydrogens is 420 g/mol. The average Bonchev–Trinajstić information content (AvgIpc) is 3.07. The highest BCUT2D eigenvalue weighted by atomic mass is 32.2. The molecule has 0 bridgehead atoms. The summed E-state index contributed by atoms with van der Waals surface area (Å²) in [5.41, 5.74) is 1.90. The third-order valence-corrected chi connectivity index (χ3v) is 6.31. The Balaban J connectivity index is 2.05. The number of nitrogens with zero attached hydrogens (tertiary/aromatic N) is 2. The van der Waals surface area contributed by atoms with Crippen molar-refractivity contribution in [1.82, 2.24) is 4.57 Å². The zero-order valence-electron chi connectivity index (χ0n) is 17.4. The topological polar surface area (TPSA) is 69.9 Å². The van der Waals surface area contributed by atoms with Crippen molar-refractivity contribution in [3.63, 3.8) is 0 Å². The molecule has 30 heavy (non-hydrogen) atoms. The van der Waals surface area contributed by atoms with Gasteiger partial charge >= 0.3 is 5.97 Å². The number of methoxy groups -OCH3 is 2. The Morgan fingerprint density at radius 1 is 1.13 bits per heavy atom. The number of aromatic nitrogens is 1. The number of esters is 1. The Bertz CT molecular complexity index is 1130. The van der Waals surface area contributed by atoms with Crippen molar-refractivity contribution in [3.8, 4) is 0 Å². The van der Waals surface area contributed by atoms with Crippen molar-refractivity contribution >= 4 is 45.2 Å². The van der Waals surface area contributed by atoms with E-state index in [1.807, 2.05) is 28.8 Å². The normalized spacial score (nSPS) is 12.0. The lowest BCUT2D eigenvalue weighted by Crippen LogP contribution is -2.19. The molecule has 0 fully saturated rings. The number of hydrogen-bond donors (Lipinski definition) is 0. The van der Waals surface area contributed by atoms with Gasteiger partial charge < -0.3 is 14.0 Å². The smallest absolute Gasteiger partial charge is 0.337 e. The summed E-state index contributed by atoms with van der Waals surface area (Å²) in [6, 6.07) is 12.8. The van der Waals surface area contributed by atoms with Gasteiger partial charge in [-0.25, -0.2) is 4.79 Å². The van der Waals surface area contributed by atoms with Gasteiger partial charge in [0.2, 0.25) is 0 Å². The lowest BCUT2D eigenvalue weighted by molar-refractivity contribution is 0.0600. The van der Waals surface area contributed by atoms with Gasteiger partial charge in [-0.15, -0.1) is 11.8 Å². The van der Waals surface area contributed by atoms with Crippen LogP contribution in [0, 0.1) is 0 Å². The molecule has 1 heterocycles. The molecule has 0 atom stereocenters. The Morgan fingerprint density at radius 3 is 2.63 bits per heavy atom. The molecule has 3 rings (SSSR count). The fourth-order valence-corrected chi connectivity index (χ4v) is 4.92. The Morgan fingerprint density at radius 2 is 1.93 bits per heavy atom. The highest BCUT2D eigenvalue weighted by Crippen LogP contribution is 2.24. The van der Waals surface area contributed by atoms with E-state index in [1.165, 1.54) is 18.4 Å². The summed E-state index contributed by atoms with van der Waals surface area (Å²) in [7, 11) is 2.98. The maximum atomic E-state index is 12.9. The summed E-state index contributed by atoms with van der Waals surface area (Å²) in [6.45, 7) is 5.25. The first-order chi connectivity index (χ1) is 14.4. The Hall–Kier alpha value is -2.42. The molecule has 3 aromatic rings. The van der Waals surface area contributed by atoms with Crippen LogP contribution in [0.25, 0.3) is 10.2 Å². The second-order valence-corrected chi connectivity index (χ2v) is 9.47. The van der Waals surface area contributed by atoms with Crippen molar-refractivity contribution in [1.29, 1.82) is 0 Å². The first-order valence-corrected chi connectivity index (χ1v) is 11.2. The number of thiazole rings is 1. The maximum absolute atomic E-state index is 12.9. The van der Waals surface area contributed by atoms with E-state index in [9.17, 15) is 9.59 Å². The lowest BCUT2D eigenvalue weighted by Gasteiger charge is -2.06. The molecule has 1 amide bonds. The number of benzene rings is 2. The molecule has 0 unspecified atom stereocenters. The van der Waals surface area contributed by atoms with Crippen LogP contribution in [0.1, 0.15) is 34.6 Å². The number of hydrogen-bond acceptors (Lipinski definition) is 6.